The molecule has 3 nitrogen and oxygen atoms in total. The number of nitrogens with zero attached hydrogens (tertiary/aromatic N) is 2. The van der Waals surface area contributed by atoms with E-state index < -0.39 is 0 Å². The van der Waals surface area contributed by atoms with E-state index in [1.54, 1.807) is 12.3 Å². The number of hydrogen-bond acceptors (Lipinski definition) is 3. The lowest BCUT2D eigenvalue weighted by molar-refractivity contribution is 0.397. The highest BCUT2D eigenvalue weighted by Crippen LogP contribution is 2.18. The van der Waals surface area contributed by atoms with E-state index >= 15 is 0 Å². The lowest BCUT2D eigenvalue weighted by Gasteiger charge is -2.31. The van der Waals surface area contributed by atoms with Crippen molar-refractivity contribution in [3.63, 3.8) is 0 Å². The average molecular weight is 251 g/mol. The molecule has 4 heteroatoms. The molecule has 1 unspecified atom stereocenters. The third kappa shape index (κ3) is 3.42. The topological polar surface area (TPSA) is 28.2 Å². The number of anilines is 1. The van der Waals surface area contributed by atoms with Crippen LogP contribution in [0.3, 0.4) is 0 Å². The van der Waals surface area contributed by atoms with Gasteiger partial charge < -0.3 is 10.2 Å². The van der Waals surface area contributed by atoms with Crippen LogP contribution in [0.4, 0.5) is 10.2 Å². The van der Waals surface area contributed by atoms with E-state index in [1.165, 1.54) is 25.3 Å². The van der Waals surface area contributed by atoms with E-state index in [0.29, 0.717) is 11.9 Å². The summed E-state index contributed by atoms with van der Waals surface area (Å²) >= 11 is 0. The Morgan fingerprint density at radius 2 is 2.39 bits per heavy atom. The van der Waals surface area contributed by atoms with Gasteiger partial charge in [0.1, 0.15) is 0 Å². The molecule has 0 bridgehead atoms. The molecule has 0 aliphatic carbocycles. The molecule has 2 rings (SSSR count). The second kappa shape index (κ2) is 6.69. The Morgan fingerprint density at radius 3 is 3.06 bits per heavy atom. The molecule has 0 spiro atoms. The predicted molar refractivity (Wildman–Crippen MR) is 72.3 cm³/mol. The summed E-state index contributed by atoms with van der Waals surface area (Å²) in [7, 11) is 0. The lowest BCUT2D eigenvalue weighted by Crippen LogP contribution is -2.44. The van der Waals surface area contributed by atoms with Crippen LogP contribution in [0, 0.1) is 5.82 Å². The molecule has 0 radical (unpaired) electrons. The maximum Gasteiger partial charge on any atom is 0.165 e. The lowest BCUT2D eigenvalue weighted by atomic mass is 10.0. The fourth-order valence-corrected chi connectivity index (χ4v) is 2.51. The number of hydrogen-bond donors (Lipinski definition) is 1. The zero-order valence-electron chi connectivity index (χ0n) is 11.0. The van der Waals surface area contributed by atoms with Crippen LogP contribution in [-0.4, -0.2) is 30.7 Å². The van der Waals surface area contributed by atoms with Gasteiger partial charge in [-0.1, -0.05) is 13.3 Å². The number of rotatable bonds is 5. The van der Waals surface area contributed by atoms with Crippen molar-refractivity contribution in [1.82, 2.24) is 10.3 Å². The van der Waals surface area contributed by atoms with Crippen LogP contribution < -0.4 is 10.2 Å². The molecule has 1 saturated heterocycles. The minimum Gasteiger partial charge on any atom is -0.353 e. The molecule has 1 N–H and O–H groups in total. The van der Waals surface area contributed by atoms with E-state index in [-0.39, 0.29) is 5.82 Å². The summed E-state index contributed by atoms with van der Waals surface area (Å²) in [4.78, 5) is 6.25. The molecule has 1 aromatic heterocycles. The number of nitrogens with one attached hydrogen (secondary N) is 1. The number of halogens is 1. The molecule has 2 heterocycles. The average Bonchev–Trinajstić information content (AvgIpc) is 2.40. The third-order valence-electron chi connectivity index (χ3n) is 3.39. The van der Waals surface area contributed by atoms with Gasteiger partial charge in [0.15, 0.2) is 11.6 Å². The zero-order valence-corrected chi connectivity index (χ0v) is 11.0. The second-order valence-corrected chi connectivity index (χ2v) is 4.90. The van der Waals surface area contributed by atoms with Crippen LogP contribution in [0.15, 0.2) is 18.3 Å². The summed E-state index contributed by atoms with van der Waals surface area (Å²) in [6.07, 6.45) is 6.36. The summed E-state index contributed by atoms with van der Waals surface area (Å²) < 4.78 is 13.8. The first kappa shape index (κ1) is 13.3. The summed E-state index contributed by atoms with van der Waals surface area (Å²) in [5.41, 5.74) is 0. The maximum absolute atomic E-state index is 13.8. The smallest absolute Gasteiger partial charge is 0.165 e. The van der Waals surface area contributed by atoms with Gasteiger partial charge in [-0.2, -0.15) is 0 Å². The summed E-state index contributed by atoms with van der Waals surface area (Å²) in [5, 5.41) is 3.51. The largest absolute Gasteiger partial charge is 0.353 e. The Balaban J connectivity index is 2.05. The predicted octanol–water partition coefficient (Wildman–Crippen LogP) is 2.58. The molecule has 1 aliphatic heterocycles. The third-order valence-corrected chi connectivity index (χ3v) is 3.39. The van der Waals surface area contributed by atoms with E-state index in [4.69, 9.17) is 0 Å². The highest BCUT2D eigenvalue weighted by molar-refractivity contribution is 5.39. The summed E-state index contributed by atoms with van der Waals surface area (Å²) in [6, 6.07) is 3.59. The van der Waals surface area contributed by atoms with Crippen molar-refractivity contribution in [3.8, 4) is 0 Å². The Bertz CT molecular complexity index is 364. The standard InChI is InChI=1S/C14H22FN3/c1-2-10-18(11-12-6-3-4-8-16-12)14-13(15)7-5-9-17-14/h5,7,9,12,16H,2-4,6,8,10-11H2,1H3. The highest BCUT2D eigenvalue weighted by Gasteiger charge is 2.19. The van der Waals surface area contributed by atoms with Crippen molar-refractivity contribution in [2.75, 3.05) is 24.5 Å². The molecule has 1 fully saturated rings. The molecular formula is C14H22FN3. The normalized spacial score (nSPS) is 19.8. The first-order valence-electron chi connectivity index (χ1n) is 6.90. The molecule has 1 aliphatic rings. The molecular weight excluding hydrogens is 229 g/mol. The molecule has 18 heavy (non-hydrogen) atoms. The van der Waals surface area contributed by atoms with Crippen molar-refractivity contribution in [3.05, 3.63) is 24.1 Å². The summed E-state index contributed by atoms with van der Waals surface area (Å²) in [5.74, 6) is 0.272. The van der Waals surface area contributed by atoms with E-state index in [9.17, 15) is 4.39 Å². The quantitative estimate of drug-likeness (QED) is 0.872. The number of piperidine rings is 1. The van der Waals surface area contributed by atoms with Gasteiger partial charge >= 0.3 is 0 Å². The van der Waals surface area contributed by atoms with E-state index in [1.807, 2.05) is 0 Å². The summed E-state index contributed by atoms with van der Waals surface area (Å²) in [6.45, 7) is 4.89. The van der Waals surface area contributed by atoms with Crippen molar-refractivity contribution in [2.45, 2.75) is 38.6 Å². The Kier molecular flexibility index (Phi) is 4.93. The first-order chi connectivity index (χ1) is 8.81. The van der Waals surface area contributed by atoms with Crippen LogP contribution in [0.5, 0.6) is 0 Å². The van der Waals surface area contributed by atoms with Crippen molar-refractivity contribution in [1.29, 1.82) is 0 Å². The molecule has 0 aromatic carbocycles. The van der Waals surface area contributed by atoms with Gasteiger partial charge in [0, 0.05) is 25.3 Å². The van der Waals surface area contributed by atoms with Crippen LogP contribution in [0.1, 0.15) is 32.6 Å². The number of aromatic nitrogens is 1. The molecule has 0 amide bonds. The molecule has 1 atom stereocenters. The minimum absolute atomic E-state index is 0.221. The van der Waals surface area contributed by atoms with Gasteiger partial charge in [-0.05, 0) is 37.9 Å². The van der Waals surface area contributed by atoms with E-state index in [2.05, 4.69) is 22.1 Å². The van der Waals surface area contributed by atoms with Crippen LogP contribution in [0.2, 0.25) is 0 Å². The fourth-order valence-electron chi connectivity index (χ4n) is 2.51. The maximum atomic E-state index is 13.8. The Labute approximate surface area is 108 Å². The van der Waals surface area contributed by atoms with Gasteiger partial charge in [-0.3, -0.25) is 0 Å². The van der Waals surface area contributed by atoms with Crippen molar-refractivity contribution in [2.24, 2.45) is 0 Å². The van der Waals surface area contributed by atoms with Gasteiger partial charge in [0.2, 0.25) is 0 Å². The van der Waals surface area contributed by atoms with Gasteiger partial charge in [0.25, 0.3) is 0 Å². The zero-order chi connectivity index (χ0) is 12.8. The van der Waals surface area contributed by atoms with Gasteiger partial charge in [0.05, 0.1) is 0 Å². The molecule has 100 valence electrons. The molecule has 1 aromatic rings. The monoisotopic (exact) mass is 251 g/mol. The van der Waals surface area contributed by atoms with Gasteiger partial charge in [-0.15, -0.1) is 0 Å². The van der Waals surface area contributed by atoms with Crippen molar-refractivity contribution >= 4 is 5.82 Å². The Hall–Kier alpha value is -1.16. The van der Waals surface area contributed by atoms with Crippen LogP contribution in [0.25, 0.3) is 0 Å². The molecule has 0 saturated carbocycles. The SMILES string of the molecule is CCCN(CC1CCCCN1)c1ncccc1F. The highest BCUT2D eigenvalue weighted by atomic mass is 19.1. The van der Waals surface area contributed by atoms with Crippen LogP contribution in [-0.2, 0) is 0 Å². The van der Waals surface area contributed by atoms with E-state index in [0.717, 1.165) is 26.1 Å². The van der Waals surface area contributed by atoms with Crippen LogP contribution >= 0.6 is 0 Å². The fraction of sp³-hybridized carbons (Fsp3) is 0.643. The second-order valence-electron chi connectivity index (χ2n) is 4.90. The first-order valence-corrected chi connectivity index (χ1v) is 6.90. The van der Waals surface area contributed by atoms with Gasteiger partial charge in [-0.25, -0.2) is 9.37 Å². The number of pyridine rings is 1. The van der Waals surface area contributed by atoms with Crippen molar-refractivity contribution < 1.29 is 4.39 Å². The minimum atomic E-state index is -0.221. The Morgan fingerprint density at radius 1 is 1.50 bits per heavy atom.